The van der Waals surface area contributed by atoms with E-state index in [4.69, 9.17) is 23.7 Å². The van der Waals surface area contributed by atoms with Crippen LogP contribution in [-0.2, 0) is 38.1 Å². The van der Waals surface area contributed by atoms with Crippen LogP contribution in [0, 0.1) is 11.8 Å². The Bertz CT molecular complexity index is 1040. The van der Waals surface area contributed by atoms with Crippen molar-refractivity contribution in [1.82, 2.24) is 0 Å². The summed E-state index contributed by atoms with van der Waals surface area (Å²) in [5, 5.41) is 0. The zero-order chi connectivity index (χ0) is 24.0. The summed E-state index contributed by atoms with van der Waals surface area (Å²) >= 11 is 0. The normalized spacial score (nSPS) is 45.5. The number of ether oxygens (including phenoxy) is 5. The molecule has 8 heteroatoms. The zero-order valence-electron chi connectivity index (χ0n) is 19.8. The monoisotopic (exact) mass is 458 g/mol. The number of carbonyl (C=O) groups is 3. The van der Waals surface area contributed by atoms with E-state index in [1.165, 1.54) is 0 Å². The van der Waals surface area contributed by atoms with E-state index in [1.807, 2.05) is 20.8 Å². The number of allylic oxidation sites excluding steroid dienone is 1. The predicted molar refractivity (Wildman–Crippen MR) is 115 cm³/mol. The van der Waals surface area contributed by atoms with Crippen LogP contribution >= 0.6 is 0 Å². The van der Waals surface area contributed by atoms with Crippen LogP contribution in [0.25, 0.3) is 0 Å². The molecule has 0 bridgehead atoms. The predicted octanol–water partition coefficient (Wildman–Crippen LogP) is 2.56. The maximum Gasteiger partial charge on any atom is 0.341 e. The fraction of sp³-hybridized carbons (Fsp3) is 0.640. The second kappa shape index (κ2) is 7.03. The molecule has 2 aliphatic carbocycles. The van der Waals surface area contributed by atoms with Crippen LogP contribution in [0.5, 0.6) is 0 Å². The maximum atomic E-state index is 12.9. The zero-order valence-corrected chi connectivity index (χ0v) is 19.8. The minimum atomic E-state index is -0.984. The highest BCUT2D eigenvalue weighted by Gasteiger charge is 2.75. The Kier molecular flexibility index (Phi) is 4.76. The second-order valence-electron chi connectivity index (χ2n) is 10.2. The first-order valence-corrected chi connectivity index (χ1v) is 11.4. The van der Waals surface area contributed by atoms with Crippen molar-refractivity contribution in [3.05, 3.63) is 34.9 Å². The van der Waals surface area contributed by atoms with E-state index in [9.17, 15) is 14.4 Å². The lowest BCUT2D eigenvalue weighted by Crippen LogP contribution is -2.41. The van der Waals surface area contributed by atoms with Crippen LogP contribution in [0.3, 0.4) is 0 Å². The van der Waals surface area contributed by atoms with E-state index in [-0.39, 0.29) is 23.7 Å². The SMILES string of the molecule is C=C1C(=O)O[C@H]2[C@H]1[C@H](OC(=O)C1(C)OC1C)CC(C)=C1[C@@H](OC(=O)/C(C)=C\C)[C@H]3O[C@@]3(C)[C@@H]12. The highest BCUT2D eigenvalue weighted by atomic mass is 16.7. The van der Waals surface area contributed by atoms with Gasteiger partial charge in [-0.1, -0.05) is 18.2 Å². The molecule has 1 saturated carbocycles. The minimum Gasteiger partial charge on any atom is -0.459 e. The highest BCUT2D eigenvalue weighted by molar-refractivity contribution is 5.92. The average molecular weight is 459 g/mol. The number of carbonyl (C=O) groups excluding carboxylic acids is 3. The van der Waals surface area contributed by atoms with E-state index < -0.39 is 53.3 Å². The summed E-state index contributed by atoms with van der Waals surface area (Å²) in [6, 6.07) is 0. The van der Waals surface area contributed by atoms with Crippen LogP contribution in [-0.4, -0.2) is 59.6 Å². The third-order valence-corrected chi connectivity index (χ3v) is 8.21. The van der Waals surface area contributed by atoms with Gasteiger partial charge in [-0.25, -0.2) is 14.4 Å². The summed E-state index contributed by atoms with van der Waals surface area (Å²) in [5.41, 5.74) is 1.00. The van der Waals surface area contributed by atoms with E-state index >= 15 is 0 Å². The van der Waals surface area contributed by atoms with Crippen molar-refractivity contribution < 1.29 is 38.1 Å². The Balaban J connectivity index is 1.52. The fourth-order valence-electron chi connectivity index (χ4n) is 5.75. The Morgan fingerprint density at radius 3 is 2.48 bits per heavy atom. The van der Waals surface area contributed by atoms with E-state index in [0.717, 1.165) is 11.1 Å². The van der Waals surface area contributed by atoms with Gasteiger partial charge in [-0.15, -0.1) is 0 Å². The van der Waals surface area contributed by atoms with Crippen molar-refractivity contribution >= 4 is 17.9 Å². The summed E-state index contributed by atoms with van der Waals surface area (Å²) in [6.45, 7) is 14.8. The third-order valence-electron chi connectivity index (χ3n) is 8.21. The van der Waals surface area contributed by atoms with Gasteiger partial charge >= 0.3 is 17.9 Å². The molecule has 0 radical (unpaired) electrons. The number of esters is 3. The first kappa shape index (κ1) is 22.3. The van der Waals surface area contributed by atoms with Crippen molar-refractivity contribution in [3.8, 4) is 0 Å². The number of fused-ring (bicyclic) bond motifs is 5. The third kappa shape index (κ3) is 3.06. The lowest BCUT2D eigenvalue weighted by atomic mass is 9.80. The maximum absolute atomic E-state index is 12.9. The molecule has 0 aromatic carbocycles. The van der Waals surface area contributed by atoms with E-state index in [0.29, 0.717) is 12.0 Å². The summed E-state index contributed by atoms with van der Waals surface area (Å²) in [5.74, 6) is -2.22. The topological polar surface area (TPSA) is 104 Å². The molecular formula is C25H30O8. The van der Waals surface area contributed by atoms with Crippen LogP contribution in [0.1, 0.15) is 48.0 Å². The van der Waals surface area contributed by atoms with Gasteiger partial charge in [0.2, 0.25) is 0 Å². The highest BCUT2D eigenvalue weighted by Crippen LogP contribution is 2.63. The van der Waals surface area contributed by atoms with E-state index in [1.54, 1.807) is 26.8 Å². The fourth-order valence-corrected chi connectivity index (χ4v) is 5.75. The number of hydrogen-bond donors (Lipinski definition) is 0. The van der Waals surface area contributed by atoms with Gasteiger partial charge in [0, 0.05) is 17.6 Å². The number of epoxide rings is 2. The Morgan fingerprint density at radius 2 is 1.88 bits per heavy atom. The standard InChI is InChI=1S/C25H30O8/c1-8-10(2)21(26)31-19-15-11(3)9-14(29-23(28)24(6)13(5)32-24)16-12(4)22(27)30-18(16)17(15)25(7)20(19)33-25/h8,13-14,16-20H,4,9H2,1-3,5-7H3/b10-8-/t13?,14-,16-,17+,18+,19-,20-,24?,25+/m1/s1. The lowest BCUT2D eigenvalue weighted by molar-refractivity contribution is -0.159. The van der Waals surface area contributed by atoms with Gasteiger partial charge in [-0.3, -0.25) is 0 Å². The molecule has 0 N–H and O–H groups in total. The molecule has 0 amide bonds. The molecular weight excluding hydrogens is 428 g/mol. The summed E-state index contributed by atoms with van der Waals surface area (Å²) in [4.78, 5) is 38.1. The van der Waals surface area contributed by atoms with Gasteiger partial charge in [0.25, 0.3) is 0 Å². The lowest BCUT2D eigenvalue weighted by Gasteiger charge is -2.30. The first-order chi connectivity index (χ1) is 15.4. The number of hydrogen-bond acceptors (Lipinski definition) is 8. The molecule has 3 saturated heterocycles. The average Bonchev–Trinajstić information content (AvgIpc) is 3.56. The molecule has 4 fully saturated rings. The molecule has 3 heterocycles. The van der Waals surface area contributed by atoms with Gasteiger partial charge < -0.3 is 23.7 Å². The van der Waals surface area contributed by atoms with Crippen molar-refractivity contribution in [2.45, 2.75) is 89.7 Å². The van der Waals surface area contributed by atoms with Gasteiger partial charge in [0.15, 0.2) is 11.7 Å². The Morgan fingerprint density at radius 1 is 1.21 bits per heavy atom. The molecule has 33 heavy (non-hydrogen) atoms. The van der Waals surface area contributed by atoms with Crippen LogP contribution < -0.4 is 0 Å². The van der Waals surface area contributed by atoms with Crippen molar-refractivity contribution in [2.24, 2.45) is 11.8 Å². The summed E-state index contributed by atoms with van der Waals surface area (Å²) in [7, 11) is 0. The van der Waals surface area contributed by atoms with E-state index in [2.05, 4.69) is 6.58 Å². The van der Waals surface area contributed by atoms with Crippen LogP contribution in [0.15, 0.2) is 34.9 Å². The largest absolute Gasteiger partial charge is 0.459 e. The minimum absolute atomic E-state index is 0.228. The molecule has 0 aromatic heterocycles. The van der Waals surface area contributed by atoms with Crippen molar-refractivity contribution in [2.75, 3.05) is 0 Å². The Hall–Kier alpha value is -2.45. The van der Waals surface area contributed by atoms with Crippen molar-refractivity contribution in [1.29, 1.82) is 0 Å². The van der Waals surface area contributed by atoms with Gasteiger partial charge in [-0.05, 0) is 47.1 Å². The second-order valence-corrected chi connectivity index (χ2v) is 10.2. The molecule has 0 spiro atoms. The molecule has 5 rings (SSSR count). The van der Waals surface area contributed by atoms with Crippen LogP contribution in [0.2, 0.25) is 0 Å². The smallest absolute Gasteiger partial charge is 0.341 e. The quantitative estimate of drug-likeness (QED) is 0.208. The molecule has 2 unspecified atom stereocenters. The van der Waals surface area contributed by atoms with Gasteiger partial charge in [0.1, 0.15) is 23.9 Å². The molecule has 0 aromatic rings. The summed E-state index contributed by atoms with van der Waals surface area (Å²) < 4.78 is 29.1. The number of rotatable bonds is 4. The van der Waals surface area contributed by atoms with Crippen LogP contribution in [0.4, 0.5) is 0 Å². The molecule has 5 aliphatic rings. The Labute approximate surface area is 192 Å². The first-order valence-electron chi connectivity index (χ1n) is 11.4. The van der Waals surface area contributed by atoms with Gasteiger partial charge in [-0.2, -0.15) is 0 Å². The molecule has 3 aliphatic heterocycles. The van der Waals surface area contributed by atoms with Gasteiger partial charge in [0.05, 0.1) is 17.9 Å². The summed E-state index contributed by atoms with van der Waals surface area (Å²) in [6.07, 6.45) is -0.329. The molecule has 8 nitrogen and oxygen atoms in total. The van der Waals surface area contributed by atoms with Crippen molar-refractivity contribution in [3.63, 3.8) is 0 Å². The molecule has 178 valence electrons. The molecule has 9 atom stereocenters.